The maximum Gasteiger partial charge on any atom is 0.0900 e. The Bertz CT molecular complexity index is 127. The predicted octanol–water partition coefficient (Wildman–Crippen LogP) is 1.90. The number of aliphatic hydroxyl groups excluding tert-OH is 1. The van der Waals surface area contributed by atoms with Crippen LogP contribution in [-0.4, -0.2) is 49.0 Å². The molecule has 1 unspecified atom stereocenters. The van der Waals surface area contributed by atoms with Gasteiger partial charge in [0, 0.05) is 13.2 Å². The highest BCUT2D eigenvalue weighted by Crippen LogP contribution is 1.97. The van der Waals surface area contributed by atoms with Crippen molar-refractivity contribution in [2.75, 3.05) is 32.8 Å². The third kappa shape index (κ3) is 8.85. The van der Waals surface area contributed by atoms with Gasteiger partial charge < -0.3 is 14.7 Å². The number of nitrogens with zero attached hydrogens (tertiary/aromatic N) is 1. The van der Waals surface area contributed by atoms with Crippen molar-refractivity contribution in [3.63, 3.8) is 0 Å². The van der Waals surface area contributed by atoms with E-state index in [2.05, 4.69) is 25.7 Å². The first kappa shape index (κ1) is 14.9. The molecule has 0 spiro atoms. The second-order valence-corrected chi connectivity index (χ2v) is 3.92. The number of ether oxygens (including phenoxy) is 1. The molecule has 0 aliphatic heterocycles. The molecule has 0 heterocycles. The summed E-state index contributed by atoms with van der Waals surface area (Å²) in [4.78, 5) is 2.21. The van der Waals surface area contributed by atoms with Crippen molar-refractivity contribution in [2.45, 2.75) is 46.1 Å². The number of unbranched alkanes of at least 4 members (excludes halogenated alkanes) is 2. The van der Waals surface area contributed by atoms with E-state index in [4.69, 9.17) is 4.74 Å². The molecule has 0 aromatic rings. The van der Waals surface area contributed by atoms with Crippen LogP contribution in [0.15, 0.2) is 0 Å². The fourth-order valence-corrected chi connectivity index (χ4v) is 1.51. The van der Waals surface area contributed by atoms with E-state index in [-0.39, 0.29) is 6.10 Å². The van der Waals surface area contributed by atoms with Crippen molar-refractivity contribution in [3.05, 3.63) is 0 Å². The van der Waals surface area contributed by atoms with Gasteiger partial charge in [0.1, 0.15) is 0 Å². The van der Waals surface area contributed by atoms with Crippen molar-refractivity contribution in [2.24, 2.45) is 0 Å². The van der Waals surface area contributed by atoms with E-state index in [9.17, 15) is 5.11 Å². The summed E-state index contributed by atoms with van der Waals surface area (Å²) < 4.78 is 5.41. The molecule has 0 bridgehead atoms. The van der Waals surface area contributed by atoms with Crippen LogP contribution in [0.2, 0.25) is 0 Å². The average Bonchev–Trinajstić information content (AvgIpc) is 2.25. The SMILES string of the molecule is CCCCCOCC(O)CN(CC)CC. The Kier molecular flexibility index (Phi) is 10.3. The number of hydrogen-bond acceptors (Lipinski definition) is 3. The van der Waals surface area contributed by atoms with E-state index >= 15 is 0 Å². The Morgan fingerprint density at radius 2 is 1.80 bits per heavy atom. The third-order valence-electron chi connectivity index (χ3n) is 2.57. The van der Waals surface area contributed by atoms with Crippen LogP contribution in [0.4, 0.5) is 0 Å². The van der Waals surface area contributed by atoms with Gasteiger partial charge in [-0.2, -0.15) is 0 Å². The predicted molar refractivity (Wildman–Crippen MR) is 64.1 cm³/mol. The van der Waals surface area contributed by atoms with Gasteiger partial charge >= 0.3 is 0 Å². The highest BCUT2D eigenvalue weighted by atomic mass is 16.5. The lowest BCUT2D eigenvalue weighted by atomic mass is 10.3. The first-order valence-electron chi connectivity index (χ1n) is 6.22. The minimum atomic E-state index is -0.341. The van der Waals surface area contributed by atoms with E-state index < -0.39 is 0 Å². The Labute approximate surface area is 94.4 Å². The maximum absolute atomic E-state index is 9.67. The summed E-state index contributed by atoms with van der Waals surface area (Å²) in [6.07, 6.45) is 3.19. The van der Waals surface area contributed by atoms with E-state index in [1.165, 1.54) is 12.8 Å². The standard InChI is InChI=1S/C12H27NO2/c1-4-7-8-9-15-11-12(14)10-13(5-2)6-3/h12,14H,4-11H2,1-3H3. The number of rotatable bonds is 10. The molecule has 15 heavy (non-hydrogen) atoms. The van der Waals surface area contributed by atoms with Crippen LogP contribution >= 0.6 is 0 Å². The van der Waals surface area contributed by atoms with Gasteiger partial charge in [0.2, 0.25) is 0 Å². The van der Waals surface area contributed by atoms with Gasteiger partial charge in [-0.1, -0.05) is 33.6 Å². The van der Waals surface area contributed by atoms with Crippen LogP contribution < -0.4 is 0 Å². The minimum absolute atomic E-state index is 0.341. The molecule has 0 saturated heterocycles. The zero-order chi connectivity index (χ0) is 11.5. The van der Waals surface area contributed by atoms with Gasteiger partial charge in [0.05, 0.1) is 12.7 Å². The lowest BCUT2D eigenvalue weighted by molar-refractivity contribution is 0.0172. The van der Waals surface area contributed by atoms with Crippen molar-refractivity contribution in [1.82, 2.24) is 4.90 Å². The molecule has 0 aliphatic rings. The Hall–Kier alpha value is -0.120. The van der Waals surface area contributed by atoms with Crippen LogP contribution in [0.25, 0.3) is 0 Å². The van der Waals surface area contributed by atoms with Gasteiger partial charge in [-0.15, -0.1) is 0 Å². The molecule has 0 aliphatic carbocycles. The van der Waals surface area contributed by atoms with E-state index in [1.54, 1.807) is 0 Å². The summed E-state index contributed by atoms with van der Waals surface area (Å²) in [5.41, 5.74) is 0. The fraction of sp³-hybridized carbons (Fsp3) is 1.00. The molecule has 1 N–H and O–H groups in total. The first-order valence-corrected chi connectivity index (χ1v) is 6.22. The maximum atomic E-state index is 9.67. The molecule has 92 valence electrons. The van der Waals surface area contributed by atoms with Gasteiger partial charge in [-0.3, -0.25) is 0 Å². The third-order valence-corrected chi connectivity index (χ3v) is 2.57. The van der Waals surface area contributed by atoms with Crippen molar-refractivity contribution in [1.29, 1.82) is 0 Å². The molecular formula is C12H27NO2. The van der Waals surface area contributed by atoms with E-state index in [0.717, 1.165) is 32.7 Å². The highest BCUT2D eigenvalue weighted by Gasteiger charge is 2.08. The van der Waals surface area contributed by atoms with Crippen LogP contribution in [-0.2, 0) is 4.74 Å². The highest BCUT2D eigenvalue weighted by molar-refractivity contribution is 4.61. The molecule has 0 fully saturated rings. The van der Waals surface area contributed by atoms with Crippen LogP contribution in [0.1, 0.15) is 40.0 Å². The van der Waals surface area contributed by atoms with Gasteiger partial charge in [-0.25, -0.2) is 0 Å². The van der Waals surface area contributed by atoms with Gasteiger partial charge in [-0.05, 0) is 19.5 Å². The van der Waals surface area contributed by atoms with Gasteiger partial charge in [0.25, 0.3) is 0 Å². The molecular weight excluding hydrogens is 190 g/mol. The second-order valence-electron chi connectivity index (χ2n) is 3.92. The molecule has 3 heteroatoms. The Morgan fingerprint density at radius 3 is 2.33 bits per heavy atom. The monoisotopic (exact) mass is 217 g/mol. The number of likely N-dealkylation sites (N-methyl/N-ethyl adjacent to an activating group) is 1. The molecule has 0 radical (unpaired) electrons. The zero-order valence-electron chi connectivity index (χ0n) is 10.5. The van der Waals surface area contributed by atoms with Gasteiger partial charge in [0.15, 0.2) is 0 Å². The van der Waals surface area contributed by atoms with Crippen LogP contribution in [0, 0.1) is 0 Å². The molecule has 1 atom stereocenters. The smallest absolute Gasteiger partial charge is 0.0900 e. The summed E-state index contributed by atoms with van der Waals surface area (Å²) in [7, 11) is 0. The molecule has 0 aromatic carbocycles. The molecule has 3 nitrogen and oxygen atoms in total. The Balaban J connectivity index is 3.35. The minimum Gasteiger partial charge on any atom is -0.389 e. The topological polar surface area (TPSA) is 32.7 Å². The van der Waals surface area contributed by atoms with Crippen molar-refractivity contribution >= 4 is 0 Å². The van der Waals surface area contributed by atoms with E-state index in [1.807, 2.05) is 0 Å². The lowest BCUT2D eigenvalue weighted by Crippen LogP contribution is -2.34. The summed E-state index contributed by atoms with van der Waals surface area (Å²) in [6.45, 7) is 10.4. The first-order chi connectivity index (χ1) is 7.24. The van der Waals surface area contributed by atoms with Crippen molar-refractivity contribution < 1.29 is 9.84 Å². The second kappa shape index (κ2) is 10.4. The lowest BCUT2D eigenvalue weighted by Gasteiger charge is -2.21. The summed E-state index contributed by atoms with van der Waals surface area (Å²) in [6, 6.07) is 0. The quantitative estimate of drug-likeness (QED) is 0.567. The Morgan fingerprint density at radius 1 is 1.13 bits per heavy atom. The van der Waals surface area contributed by atoms with E-state index in [0.29, 0.717) is 6.61 Å². The molecule has 0 aromatic heterocycles. The number of aliphatic hydroxyl groups is 1. The van der Waals surface area contributed by atoms with Crippen LogP contribution in [0.5, 0.6) is 0 Å². The normalized spacial score (nSPS) is 13.4. The molecule has 0 rings (SSSR count). The average molecular weight is 217 g/mol. The van der Waals surface area contributed by atoms with Crippen LogP contribution in [0.3, 0.4) is 0 Å². The summed E-state index contributed by atoms with van der Waals surface area (Å²) in [5, 5.41) is 9.67. The molecule has 0 saturated carbocycles. The zero-order valence-corrected chi connectivity index (χ0v) is 10.5. The molecule has 0 amide bonds. The van der Waals surface area contributed by atoms with Crippen molar-refractivity contribution in [3.8, 4) is 0 Å². The largest absolute Gasteiger partial charge is 0.389 e. The summed E-state index contributed by atoms with van der Waals surface area (Å²) in [5.74, 6) is 0. The number of hydrogen-bond donors (Lipinski definition) is 1. The summed E-state index contributed by atoms with van der Waals surface area (Å²) >= 11 is 0. The fourth-order valence-electron chi connectivity index (χ4n) is 1.51.